The topological polar surface area (TPSA) is 17.8 Å². The van der Waals surface area contributed by atoms with E-state index in [1.807, 2.05) is 22.9 Å². The monoisotopic (exact) mass is 312 g/mol. The van der Waals surface area contributed by atoms with Crippen molar-refractivity contribution in [3.8, 4) is 0 Å². The molecule has 0 spiro atoms. The molecule has 17 heavy (non-hydrogen) atoms. The molecule has 2 aromatic rings. The van der Waals surface area contributed by atoms with Crippen LogP contribution in [0.3, 0.4) is 0 Å². The lowest BCUT2D eigenvalue weighted by Gasteiger charge is -2.04. The van der Waals surface area contributed by atoms with E-state index in [-0.39, 0.29) is 0 Å². The van der Waals surface area contributed by atoms with Gasteiger partial charge in [-0.25, -0.2) is 4.68 Å². The van der Waals surface area contributed by atoms with Crippen LogP contribution >= 0.6 is 27.5 Å². The van der Waals surface area contributed by atoms with Gasteiger partial charge in [0.05, 0.1) is 12.2 Å². The Hall–Kier alpha value is -0.800. The van der Waals surface area contributed by atoms with Gasteiger partial charge >= 0.3 is 0 Å². The van der Waals surface area contributed by atoms with Crippen LogP contribution in [0.5, 0.6) is 0 Å². The van der Waals surface area contributed by atoms with Crippen LogP contribution in [-0.4, -0.2) is 9.78 Å². The maximum atomic E-state index is 6.17. The summed E-state index contributed by atoms with van der Waals surface area (Å²) in [6.07, 6.45) is 0. The third-order valence-electron chi connectivity index (χ3n) is 2.56. The Morgan fingerprint density at radius 2 is 2.12 bits per heavy atom. The molecule has 0 unspecified atom stereocenters. The van der Waals surface area contributed by atoms with Crippen molar-refractivity contribution in [2.45, 2.75) is 26.3 Å². The highest BCUT2D eigenvalue weighted by atomic mass is 79.9. The lowest BCUT2D eigenvalue weighted by Crippen LogP contribution is -2.03. The highest BCUT2D eigenvalue weighted by Gasteiger charge is 2.09. The third-order valence-corrected chi connectivity index (χ3v) is 3.36. The van der Waals surface area contributed by atoms with Crippen LogP contribution in [0.4, 0.5) is 0 Å². The Morgan fingerprint density at radius 3 is 2.71 bits per heavy atom. The molecule has 0 atom stereocenters. The minimum absolute atomic E-state index is 0.399. The van der Waals surface area contributed by atoms with Gasteiger partial charge in [0.2, 0.25) is 0 Å². The molecule has 0 aliphatic heterocycles. The predicted molar refractivity (Wildman–Crippen MR) is 74.6 cm³/mol. The quantitative estimate of drug-likeness (QED) is 0.817. The summed E-state index contributed by atoms with van der Waals surface area (Å²) in [5, 5.41) is 5.19. The lowest BCUT2D eigenvalue weighted by atomic mass is 10.1. The van der Waals surface area contributed by atoms with Crippen LogP contribution in [0.2, 0.25) is 5.15 Å². The Balaban J connectivity index is 2.24. The first-order valence-electron chi connectivity index (χ1n) is 5.54. The maximum Gasteiger partial charge on any atom is 0.127 e. The van der Waals surface area contributed by atoms with E-state index in [1.54, 1.807) is 0 Å². The predicted octanol–water partition coefficient (Wildman–Crippen LogP) is 4.47. The first-order chi connectivity index (χ1) is 8.06. The van der Waals surface area contributed by atoms with Crippen molar-refractivity contribution in [2.75, 3.05) is 0 Å². The zero-order chi connectivity index (χ0) is 12.4. The standard InChI is InChI=1S/C13H14BrClN2/c1-9(2)12-7-13(15)17(16-12)8-10-4-3-5-11(14)6-10/h3-7,9H,8H2,1-2H3. The molecule has 90 valence electrons. The molecule has 0 saturated heterocycles. The number of nitrogens with zero attached hydrogens (tertiary/aromatic N) is 2. The van der Waals surface area contributed by atoms with Gasteiger partial charge in [-0.3, -0.25) is 0 Å². The summed E-state index contributed by atoms with van der Waals surface area (Å²) in [5.74, 6) is 0.399. The summed E-state index contributed by atoms with van der Waals surface area (Å²) >= 11 is 9.63. The van der Waals surface area contributed by atoms with E-state index in [4.69, 9.17) is 11.6 Å². The van der Waals surface area contributed by atoms with E-state index in [2.05, 4.69) is 47.0 Å². The molecule has 2 nitrogen and oxygen atoms in total. The van der Waals surface area contributed by atoms with E-state index < -0.39 is 0 Å². The van der Waals surface area contributed by atoms with Crippen LogP contribution in [-0.2, 0) is 6.54 Å². The summed E-state index contributed by atoms with van der Waals surface area (Å²) in [7, 11) is 0. The average Bonchev–Trinajstić information content (AvgIpc) is 2.61. The number of hydrogen-bond acceptors (Lipinski definition) is 1. The Bertz CT molecular complexity index is 520. The molecule has 0 fully saturated rings. The Labute approximate surface area is 115 Å². The normalized spacial score (nSPS) is 11.1. The Kier molecular flexibility index (Phi) is 3.89. The number of hydrogen-bond donors (Lipinski definition) is 0. The number of halogens is 2. The van der Waals surface area contributed by atoms with E-state index in [0.29, 0.717) is 17.6 Å². The second-order valence-corrected chi connectivity index (χ2v) is 5.64. The van der Waals surface area contributed by atoms with Crippen LogP contribution in [0.1, 0.15) is 31.0 Å². The molecule has 0 aliphatic rings. The second kappa shape index (κ2) is 5.23. The fourth-order valence-corrected chi connectivity index (χ4v) is 2.27. The molecule has 0 amide bonds. The fraction of sp³-hybridized carbons (Fsp3) is 0.308. The van der Waals surface area contributed by atoms with E-state index >= 15 is 0 Å². The fourth-order valence-electron chi connectivity index (χ4n) is 1.61. The van der Waals surface area contributed by atoms with Crippen LogP contribution in [0.15, 0.2) is 34.8 Å². The zero-order valence-corrected chi connectivity index (χ0v) is 12.2. The highest BCUT2D eigenvalue weighted by Crippen LogP contribution is 2.20. The van der Waals surface area contributed by atoms with Crippen molar-refractivity contribution in [3.63, 3.8) is 0 Å². The van der Waals surface area contributed by atoms with Gasteiger partial charge in [-0.1, -0.05) is 53.5 Å². The minimum atomic E-state index is 0.399. The molecule has 0 radical (unpaired) electrons. The van der Waals surface area contributed by atoms with E-state index in [0.717, 1.165) is 10.2 Å². The van der Waals surface area contributed by atoms with Crippen LogP contribution in [0.25, 0.3) is 0 Å². The summed E-state index contributed by atoms with van der Waals surface area (Å²) < 4.78 is 2.90. The van der Waals surface area contributed by atoms with E-state index in [1.165, 1.54) is 5.56 Å². The molecule has 1 aromatic heterocycles. The van der Waals surface area contributed by atoms with Crippen LogP contribution in [0, 0.1) is 0 Å². The molecular formula is C13H14BrClN2. The molecule has 2 rings (SSSR count). The van der Waals surface area contributed by atoms with Gasteiger partial charge in [0.1, 0.15) is 5.15 Å². The summed E-state index contributed by atoms with van der Waals surface area (Å²) in [6, 6.07) is 10.1. The summed E-state index contributed by atoms with van der Waals surface area (Å²) in [4.78, 5) is 0. The van der Waals surface area contributed by atoms with Gasteiger partial charge in [-0.15, -0.1) is 0 Å². The Morgan fingerprint density at radius 1 is 1.35 bits per heavy atom. The zero-order valence-electron chi connectivity index (χ0n) is 9.82. The maximum absolute atomic E-state index is 6.17. The molecular weight excluding hydrogens is 300 g/mol. The van der Waals surface area contributed by atoms with Gasteiger partial charge in [-0.05, 0) is 29.7 Å². The molecule has 1 heterocycles. The van der Waals surface area contributed by atoms with Gasteiger partial charge < -0.3 is 0 Å². The lowest BCUT2D eigenvalue weighted by molar-refractivity contribution is 0.657. The molecule has 4 heteroatoms. The first-order valence-corrected chi connectivity index (χ1v) is 6.71. The summed E-state index contributed by atoms with van der Waals surface area (Å²) in [6.45, 7) is 4.93. The largest absolute Gasteiger partial charge is 0.249 e. The average molecular weight is 314 g/mol. The molecule has 0 N–H and O–H groups in total. The molecule has 0 aliphatic carbocycles. The van der Waals surface area contributed by atoms with Crippen molar-refractivity contribution in [1.82, 2.24) is 9.78 Å². The van der Waals surface area contributed by atoms with Gasteiger partial charge in [-0.2, -0.15) is 5.10 Å². The van der Waals surface area contributed by atoms with Crippen molar-refractivity contribution >= 4 is 27.5 Å². The number of aromatic nitrogens is 2. The number of benzene rings is 1. The van der Waals surface area contributed by atoms with Crippen molar-refractivity contribution in [3.05, 3.63) is 51.2 Å². The third kappa shape index (κ3) is 3.11. The smallest absolute Gasteiger partial charge is 0.127 e. The van der Waals surface area contributed by atoms with Crippen molar-refractivity contribution < 1.29 is 0 Å². The van der Waals surface area contributed by atoms with Gasteiger partial charge in [0, 0.05) is 4.47 Å². The molecule has 0 saturated carbocycles. The highest BCUT2D eigenvalue weighted by molar-refractivity contribution is 9.10. The summed E-state index contributed by atoms with van der Waals surface area (Å²) in [5.41, 5.74) is 2.21. The SMILES string of the molecule is CC(C)c1cc(Cl)n(Cc2cccc(Br)c2)n1. The first kappa shape index (κ1) is 12.7. The molecule has 0 bridgehead atoms. The van der Waals surface area contributed by atoms with Crippen molar-refractivity contribution in [2.24, 2.45) is 0 Å². The molecule has 1 aromatic carbocycles. The van der Waals surface area contributed by atoms with Crippen LogP contribution < -0.4 is 0 Å². The van der Waals surface area contributed by atoms with E-state index in [9.17, 15) is 0 Å². The minimum Gasteiger partial charge on any atom is -0.249 e. The number of rotatable bonds is 3. The van der Waals surface area contributed by atoms with Gasteiger partial charge in [0.25, 0.3) is 0 Å². The van der Waals surface area contributed by atoms with Crippen molar-refractivity contribution in [1.29, 1.82) is 0 Å². The second-order valence-electron chi connectivity index (χ2n) is 4.33. The van der Waals surface area contributed by atoms with Gasteiger partial charge in [0.15, 0.2) is 0 Å².